The smallest absolute Gasteiger partial charge is 0.154 e. The van der Waals surface area contributed by atoms with Crippen molar-refractivity contribution in [1.82, 2.24) is 0 Å². The summed E-state index contributed by atoms with van der Waals surface area (Å²) in [5.74, 6) is 0. The van der Waals surface area contributed by atoms with E-state index in [2.05, 4.69) is 13.8 Å². The molecule has 3 heteroatoms. The highest BCUT2D eigenvalue weighted by Gasteiger charge is 2.14. The van der Waals surface area contributed by atoms with Crippen molar-refractivity contribution in [2.45, 2.75) is 52.1 Å². The van der Waals surface area contributed by atoms with Gasteiger partial charge in [0.25, 0.3) is 0 Å². The molecule has 0 saturated carbocycles. The topological polar surface area (TPSA) is 18.5 Å². The van der Waals surface area contributed by atoms with Crippen molar-refractivity contribution in [3.8, 4) is 0 Å². The Morgan fingerprint density at radius 2 is 1.38 bits per heavy atom. The van der Waals surface area contributed by atoms with Crippen molar-refractivity contribution in [1.29, 1.82) is 0 Å². The third kappa shape index (κ3) is 6.24. The Balaban J connectivity index is 3.76. The predicted octanol–water partition coefficient (Wildman–Crippen LogP) is 2.65. The van der Waals surface area contributed by atoms with Crippen LogP contribution in [0.5, 0.6) is 0 Å². The zero-order valence-electron chi connectivity index (χ0n) is 9.51. The molecule has 0 heterocycles. The van der Waals surface area contributed by atoms with Crippen molar-refractivity contribution in [2.75, 3.05) is 13.2 Å². The highest BCUT2D eigenvalue weighted by atomic mass is 28.3. The molecule has 0 unspecified atom stereocenters. The molecule has 0 aromatic rings. The van der Waals surface area contributed by atoms with Gasteiger partial charge < -0.3 is 9.47 Å². The maximum Gasteiger partial charge on any atom is 0.154 e. The first-order chi connectivity index (χ1) is 6.28. The first-order valence-electron chi connectivity index (χ1n) is 5.51. The lowest BCUT2D eigenvalue weighted by atomic mass is 10.7. The first-order valence-corrected chi connectivity index (χ1v) is 7.96. The van der Waals surface area contributed by atoms with Gasteiger partial charge in [-0.3, -0.25) is 0 Å². The van der Waals surface area contributed by atoms with Crippen LogP contribution in [0.2, 0.25) is 18.1 Å². The fourth-order valence-electron chi connectivity index (χ4n) is 1.45. The average Bonchev–Trinajstić information content (AvgIpc) is 2.14. The van der Waals surface area contributed by atoms with Crippen LogP contribution in [0.1, 0.15) is 27.7 Å². The van der Waals surface area contributed by atoms with E-state index in [0.717, 1.165) is 13.2 Å². The summed E-state index contributed by atoms with van der Waals surface area (Å²) in [5.41, 5.74) is 0. The highest BCUT2D eigenvalue weighted by molar-refractivity contribution is 6.58. The second-order valence-corrected chi connectivity index (χ2v) is 7.09. The van der Waals surface area contributed by atoms with Crippen LogP contribution in [0.3, 0.4) is 0 Å². The molecule has 2 nitrogen and oxygen atoms in total. The van der Waals surface area contributed by atoms with Gasteiger partial charge in [-0.25, -0.2) is 0 Å². The Kier molecular flexibility index (Phi) is 8.81. The zero-order valence-corrected chi connectivity index (χ0v) is 10.7. The van der Waals surface area contributed by atoms with Crippen LogP contribution in [0.25, 0.3) is 0 Å². The summed E-state index contributed by atoms with van der Waals surface area (Å²) < 4.78 is 11.1. The van der Waals surface area contributed by atoms with Gasteiger partial charge in [-0.15, -0.1) is 0 Å². The molecule has 0 N–H and O–H groups in total. The van der Waals surface area contributed by atoms with Gasteiger partial charge in [0.2, 0.25) is 0 Å². The van der Waals surface area contributed by atoms with Gasteiger partial charge in [0.1, 0.15) is 0 Å². The van der Waals surface area contributed by atoms with E-state index in [1.807, 2.05) is 13.8 Å². The van der Waals surface area contributed by atoms with Crippen LogP contribution in [0, 0.1) is 0 Å². The van der Waals surface area contributed by atoms with Gasteiger partial charge in [-0.1, -0.05) is 25.9 Å². The molecule has 0 rings (SSSR count). The van der Waals surface area contributed by atoms with Crippen molar-refractivity contribution in [3.05, 3.63) is 0 Å². The molecule has 0 saturated heterocycles. The molecule has 0 spiro atoms. The van der Waals surface area contributed by atoms with Crippen molar-refractivity contribution >= 4 is 8.80 Å². The monoisotopic (exact) mass is 204 g/mol. The molecular formula is C10H24O2Si. The molecular weight excluding hydrogens is 180 g/mol. The molecule has 0 aliphatic carbocycles. The molecule has 0 fully saturated rings. The predicted molar refractivity (Wildman–Crippen MR) is 60.0 cm³/mol. The Labute approximate surface area is 84.2 Å². The second kappa shape index (κ2) is 8.72. The molecule has 0 aromatic carbocycles. The lowest BCUT2D eigenvalue weighted by Crippen LogP contribution is -2.24. The van der Waals surface area contributed by atoms with Crippen LogP contribution in [-0.4, -0.2) is 28.3 Å². The van der Waals surface area contributed by atoms with Gasteiger partial charge in [0, 0.05) is 22.0 Å². The minimum absolute atomic E-state index is 0.0755. The quantitative estimate of drug-likeness (QED) is 0.447. The molecule has 0 aromatic heterocycles. The van der Waals surface area contributed by atoms with Crippen molar-refractivity contribution in [2.24, 2.45) is 0 Å². The van der Waals surface area contributed by atoms with E-state index in [4.69, 9.17) is 9.47 Å². The van der Waals surface area contributed by atoms with E-state index >= 15 is 0 Å². The number of rotatable bonds is 8. The van der Waals surface area contributed by atoms with E-state index in [9.17, 15) is 0 Å². The molecule has 0 radical (unpaired) electrons. The summed E-state index contributed by atoms with van der Waals surface area (Å²) in [7, 11) is -0.563. The number of ether oxygens (including phenoxy) is 2. The molecule has 0 bridgehead atoms. The summed E-state index contributed by atoms with van der Waals surface area (Å²) in [6, 6.07) is 3.88. The standard InChI is InChI=1S/C10H24O2Si/c1-5-11-10(12-6-2)9-13(7-3)8-4/h10,13H,5-9H2,1-4H3. The van der Waals surface area contributed by atoms with Gasteiger partial charge in [0.05, 0.1) is 0 Å². The summed E-state index contributed by atoms with van der Waals surface area (Å²) in [4.78, 5) is 0. The number of hydrogen-bond acceptors (Lipinski definition) is 2. The van der Waals surface area contributed by atoms with Gasteiger partial charge in [-0.2, -0.15) is 0 Å². The SMILES string of the molecule is CCOC(C[SiH](CC)CC)OCC. The van der Waals surface area contributed by atoms with Gasteiger partial charge >= 0.3 is 0 Å². The first kappa shape index (κ1) is 13.1. The Bertz CT molecular complexity index is 99.1. The van der Waals surface area contributed by atoms with E-state index in [0.29, 0.717) is 0 Å². The van der Waals surface area contributed by atoms with E-state index < -0.39 is 8.80 Å². The molecule has 0 amide bonds. The van der Waals surface area contributed by atoms with E-state index in [1.165, 1.54) is 18.1 Å². The van der Waals surface area contributed by atoms with Crippen LogP contribution in [0.4, 0.5) is 0 Å². The fraction of sp³-hybridized carbons (Fsp3) is 1.00. The summed E-state index contributed by atoms with van der Waals surface area (Å²) in [6.07, 6.45) is 0.0755. The molecule has 13 heavy (non-hydrogen) atoms. The van der Waals surface area contributed by atoms with Crippen molar-refractivity contribution in [3.63, 3.8) is 0 Å². The lowest BCUT2D eigenvalue weighted by Gasteiger charge is -2.20. The maximum atomic E-state index is 5.53. The Morgan fingerprint density at radius 1 is 0.923 bits per heavy atom. The van der Waals surface area contributed by atoms with Crippen molar-refractivity contribution < 1.29 is 9.47 Å². The normalized spacial score (nSPS) is 11.5. The van der Waals surface area contributed by atoms with Crippen LogP contribution >= 0.6 is 0 Å². The molecule has 80 valence electrons. The fourth-order valence-corrected chi connectivity index (χ4v) is 3.51. The summed E-state index contributed by atoms with van der Waals surface area (Å²) >= 11 is 0. The van der Waals surface area contributed by atoms with Gasteiger partial charge in [-0.05, 0) is 19.9 Å². The molecule has 0 aliphatic heterocycles. The minimum Gasteiger partial charge on any atom is -0.353 e. The third-order valence-corrected chi connectivity index (χ3v) is 5.75. The largest absolute Gasteiger partial charge is 0.353 e. The average molecular weight is 204 g/mol. The molecule has 0 atom stereocenters. The highest BCUT2D eigenvalue weighted by Crippen LogP contribution is 2.11. The lowest BCUT2D eigenvalue weighted by molar-refractivity contribution is -0.123. The van der Waals surface area contributed by atoms with Crippen LogP contribution in [0.15, 0.2) is 0 Å². The van der Waals surface area contributed by atoms with Crippen LogP contribution < -0.4 is 0 Å². The Hall–Kier alpha value is 0.137. The second-order valence-electron chi connectivity index (χ2n) is 3.26. The van der Waals surface area contributed by atoms with Gasteiger partial charge in [0.15, 0.2) is 6.29 Å². The third-order valence-electron chi connectivity index (χ3n) is 2.39. The maximum absolute atomic E-state index is 5.53. The van der Waals surface area contributed by atoms with Crippen LogP contribution in [-0.2, 0) is 9.47 Å². The van der Waals surface area contributed by atoms with E-state index in [-0.39, 0.29) is 6.29 Å². The number of hydrogen-bond donors (Lipinski definition) is 0. The summed E-state index contributed by atoms with van der Waals surface area (Å²) in [6.45, 7) is 10.2. The Morgan fingerprint density at radius 3 is 1.69 bits per heavy atom. The van der Waals surface area contributed by atoms with E-state index in [1.54, 1.807) is 0 Å². The molecule has 0 aliphatic rings. The summed E-state index contributed by atoms with van der Waals surface area (Å²) in [5, 5.41) is 0. The minimum atomic E-state index is -0.563. The zero-order chi connectivity index (χ0) is 10.1.